The van der Waals surface area contributed by atoms with Gasteiger partial charge in [-0.2, -0.15) is 0 Å². The number of aryl methyl sites for hydroxylation is 1. The number of fused-ring (bicyclic) bond motifs is 1. The van der Waals surface area contributed by atoms with Crippen LogP contribution in [0.2, 0.25) is 0 Å². The number of benzene rings is 1. The van der Waals surface area contributed by atoms with Crippen molar-refractivity contribution in [2.24, 2.45) is 0 Å². The number of nitrogens with one attached hydrogen (secondary N) is 2. The maximum absolute atomic E-state index is 12.3. The standard InChI is InChI=1S/C19H18N8O/c1-13-20-8-9-27(13)18-10-17(24-12-25-18)21-6-7-22-19(28)16-11-23-14-4-2-3-5-15(14)26-16/h2-5,8-12H,6-7H2,1H3,(H,22,28)(H,21,24,25). The molecule has 0 saturated heterocycles. The molecule has 4 aromatic rings. The van der Waals surface area contributed by atoms with Gasteiger partial charge < -0.3 is 10.6 Å². The van der Waals surface area contributed by atoms with Crippen molar-refractivity contribution >= 4 is 22.8 Å². The van der Waals surface area contributed by atoms with E-state index in [2.05, 4.69) is 35.6 Å². The summed E-state index contributed by atoms with van der Waals surface area (Å²) in [6.07, 6.45) is 6.53. The average Bonchev–Trinajstić information content (AvgIpc) is 3.17. The summed E-state index contributed by atoms with van der Waals surface area (Å²) in [5.41, 5.74) is 1.74. The lowest BCUT2D eigenvalue weighted by molar-refractivity contribution is 0.0950. The van der Waals surface area contributed by atoms with Crippen LogP contribution in [0.5, 0.6) is 0 Å². The molecule has 3 aromatic heterocycles. The Bertz CT molecular complexity index is 1120. The summed E-state index contributed by atoms with van der Waals surface area (Å²) >= 11 is 0. The highest BCUT2D eigenvalue weighted by Crippen LogP contribution is 2.11. The molecular formula is C19H18N8O. The monoisotopic (exact) mass is 374 g/mol. The fourth-order valence-corrected chi connectivity index (χ4v) is 2.72. The number of imidazole rings is 1. The van der Waals surface area contributed by atoms with Gasteiger partial charge in [-0.25, -0.2) is 19.9 Å². The predicted octanol–water partition coefficient (Wildman–Crippen LogP) is 1.76. The van der Waals surface area contributed by atoms with Gasteiger partial charge in [0.1, 0.15) is 29.5 Å². The molecule has 0 fully saturated rings. The highest BCUT2D eigenvalue weighted by atomic mass is 16.1. The minimum absolute atomic E-state index is 0.266. The first-order valence-electron chi connectivity index (χ1n) is 8.77. The topological polar surface area (TPSA) is 111 Å². The molecule has 0 aliphatic rings. The molecule has 0 bridgehead atoms. The molecule has 2 N–H and O–H groups in total. The number of amides is 1. The van der Waals surface area contributed by atoms with Crippen molar-refractivity contribution in [1.29, 1.82) is 0 Å². The second kappa shape index (κ2) is 7.78. The summed E-state index contributed by atoms with van der Waals surface area (Å²) in [5.74, 6) is 1.96. The predicted molar refractivity (Wildman–Crippen MR) is 104 cm³/mol. The molecule has 1 amide bonds. The number of hydrogen-bond donors (Lipinski definition) is 2. The van der Waals surface area contributed by atoms with E-state index in [4.69, 9.17) is 0 Å². The lowest BCUT2D eigenvalue weighted by Gasteiger charge is -2.09. The smallest absolute Gasteiger partial charge is 0.271 e. The van der Waals surface area contributed by atoms with Crippen LogP contribution in [0, 0.1) is 6.92 Å². The molecule has 28 heavy (non-hydrogen) atoms. The number of carbonyl (C=O) groups is 1. The molecule has 4 rings (SSSR count). The van der Waals surface area contributed by atoms with Gasteiger partial charge >= 0.3 is 0 Å². The number of aromatic nitrogens is 6. The first kappa shape index (κ1) is 17.5. The zero-order chi connectivity index (χ0) is 19.3. The van der Waals surface area contributed by atoms with Crippen LogP contribution < -0.4 is 10.6 Å². The van der Waals surface area contributed by atoms with E-state index >= 15 is 0 Å². The van der Waals surface area contributed by atoms with Gasteiger partial charge in [-0.1, -0.05) is 12.1 Å². The van der Waals surface area contributed by atoms with Crippen LogP contribution in [-0.4, -0.2) is 48.5 Å². The van der Waals surface area contributed by atoms with E-state index in [0.717, 1.165) is 17.2 Å². The van der Waals surface area contributed by atoms with Gasteiger partial charge in [-0.15, -0.1) is 0 Å². The van der Waals surface area contributed by atoms with E-state index in [1.165, 1.54) is 12.5 Å². The second-order valence-electron chi connectivity index (χ2n) is 6.03. The molecule has 0 radical (unpaired) electrons. The molecule has 0 saturated carbocycles. The third-order valence-corrected chi connectivity index (χ3v) is 4.12. The number of hydrogen-bond acceptors (Lipinski definition) is 7. The number of para-hydroxylation sites is 2. The molecule has 140 valence electrons. The summed E-state index contributed by atoms with van der Waals surface area (Å²) in [5, 5.41) is 5.99. The number of anilines is 1. The quantitative estimate of drug-likeness (QED) is 0.495. The van der Waals surface area contributed by atoms with Gasteiger partial charge in [0, 0.05) is 31.5 Å². The molecule has 1 aromatic carbocycles. The minimum Gasteiger partial charge on any atom is -0.368 e. The maximum Gasteiger partial charge on any atom is 0.271 e. The molecule has 9 heteroatoms. The van der Waals surface area contributed by atoms with Gasteiger partial charge in [-0.3, -0.25) is 14.3 Å². The van der Waals surface area contributed by atoms with Crippen molar-refractivity contribution in [2.75, 3.05) is 18.4 Å². The van der Waals surface area contributed by atoms with E-state index < -0.39 is 0 Å². The van der Waals surface area contributed by atoms with Crippen LogP contribution in [0.15, 0.2) is 55.2 Å². The second-order valence-corrected chi connectivity index (χ2v) is 6.03. The van der Waals surface area contributed by atoms with Crippen molar-refractivity contribution in [1.82, 2.24) is 34.8 Å². The van der Waals surface area contributed by atoms with Crippen LogP contribution in [0.1, 0.15) is 16.3 Å². The summed E-state index contributed by atoms with van der Waals surface area (Å²) < 4.78 is 1.87. The van der Waals surface area contributed by atoms with Crippen molar-refractivity contribution in [3.63, 3.8) is 0 Å². The Morgan fingerprint density at radius 1 is 1.07 bits per heavy atom. The van der Waals surface area contributed by atoms with Crippen molar-refractivity contribution < 1.29 is 4.79 Å². The van der Waals surface area contributed by atoms with Crippen LogP contribution in [0.4, 0.5) is 5.82 Å². The van der Waals surface area contributed by atoms with Gasteiger partial charge in [0.05, 0.1) is 17.2 Å². The Kier molecular flexibility index (Phi) is 4.87. The summed E-state index contributed by atoms with van der Waals surface area (Å²) in [4.78, 5) is 33.5. The van der Waals surface area contributed by atoms with E-state index in [-0.39, 0.29) is 5.91 Å². The molecule has 0 unspecified atom stereocenters. The number of rotatable bonds is 6. The van der Waals surface area contributed by atoms with Crippen LogP contribution in [0.25, 0.3) is 16.9 Å². The fraction of sp³-hybridized carbons (Fsp3) is 0.158. The highest BCUT2D eigenvalue weighted by molar-refractivity contribution is 5.93. The fourth-order valence-electron chi connectivity index (χ4n) is 2.72. The van der Waals surface area contributed by atoms with E-state index in [1.54, 1.807) is 6.20 Å². The Morgan fingerprint density at radius 2 is 1.93 bits per heavy atom. The molecule has 0 atom stereocenters. The molecule has 3 heterocycles. The van der Waals surface area contributed by atoms with Gasteiger partial charge in [0.15, 0.2) is 0 Å². The summed E-state index contributed by atoms with van der Waals surface area (Å²) in [6.45, 7) is 2.82. The lowest BCUT2D eigenvalue weighted by atomic mass is 10.3. The first-order valence-corrected chi connectivity index (χ1v) is 8.77. The van der Waals surface area contributed by atoms with Crippen molar-refractivity contribution in [3.05, 3.63) is 66.8 Å². The average molecular weight is 374 g/mol. The third-order valence-electron chi connectivity index (χ3n) is 4.12. The van der Waals surface area contributed by atoms with Crippen LogP contribution in [-0.2, 0) is 0 Å². The van der Waals surface area contributed by atoms with Crippen LogP contribution >= 0.6 is 0 Å². The Balaban J connectivity index is 1.33. The first-order chi connectivity index (χ1) is 13.7. The van der Waals surface area contributed by atoms with Gasteiger partial charge in [0.25, 0.3) is 5.91 Å². The summed E-state index contributed by atoms with van der Waals surface area (Å²) in [6, 6.07) is 9.26. The van der Waals surface area contributed by atoms with E-state index in [0.29, 0.717) is 30.1 Å². The normalized spacial score (nSPS) is 10.8. The van der Waals surface area contributed by atoms with E-state index in [9.17, 15) is 4.79 Å². The molecule has 0 aliphatic carbocycles. The zero-order valence-corrected chi connectivity index (χ0v) is 15.2. The number of nitrogens with zero attached hydrogens (tertiary/aromatic N) is 6. The zero-order valence-electron chi connectivity index (χ0n) is 15.2. The largest absolute Gasteiger partial charge is 0.368 e. The Morgan fingerprint density at radius 3 is 2.75 bits per heavy atom. The Hall–Kier alpha value is -3.88. The van der Waals surface area contributed by atoms with Gasteiger partial charge in [-0.05, 0) is 19.1 Å². The van der Waals surface area contributed by atoms with Crippen LogP contribution in [0.3, 0.4) is 0 Å². The lowest BCUT2D eigenvalue weighted by Crippen LogP contribution is -2.29. The third kappa shape index (κ3) is 3.78. The maximum atomic E-state index is 12.3. The van der Waals surface area contributed by atoms with Crippen molar-refractivity contribution in [2.45, 2.75) is 6.92 Å². The van der Waals surface area contributed by atoms with Crippen molar-refractivity contribution in [3.8, 4) is 5.82 Å². The number of carbonyl (C=O) groups excluding carboxylic acids is 1. The molecular weight excluding hydrogens is 356 g/mol. The molecule has 0 aliphatic heterocycles. The molecule has 9 nitrogen and oxygen atoms in total. The molecule has 0 spiro atoms. The highest BCUT2D eigenvalue weighted by Gasteiger charge is 2.08. The van der Waals surface area contributed by atoms with E-state index in [1.807, 2.05) is 48.0 Å². The SMILES string of the molecule is Cc1nccn1-c1cc(NCCNC(=O)c2cnc3ccccc3n2)ncn1. The Labute approximate surface area is 160 Å². The minimum atomic E-state index is -0.266. The van der Waals surface area contributed by atoms with Gasteiger partial charge in [0.2, 0.25) is 0 Å². The summed E-state index contributed by atoms with van der Waals surface area (Å²) in [7, 11) is 0.